The van der Waals surface area contributed by atoms with Crippen molar-refractivity contribution in [3.63, 3.8) is 0 Å². The van der Waals surface area contributed by atoms with Crippen LogP contribution in [-0.4, -0.2) is 72.7 Å². The van der Waals surface area contributed by atoms with Crippen molar-refractivity contribution in [2.45, 2.75) is 38.7 Å². The Morgan fingerprint density at radius 2 is 2.12 bits per heavy atom. The van der Waals surface area contributed by atoms with Crippen LogP contribution in [0.15, 0.2) is 4.99 Å². The van der Waals surface area contributed by atoms with E-state index in [-0.39, 0.29) is 24.0 Å². The van der Waals surface area contributed by atoms with Gasteiger partial charge < -0.3 is 19.9 Å². The van der Waals surface area contributed by atoms with Gasteiger partial charge in [0.1, 0.15) is 5.82 Å². The maximum absolute atomic E-state index is 5.79. The summed E-state index contributed by atoms with van der Waals surface area (Å²) in [6.07, 6.45) is 4.83. The van der Waals surface area contributed by atoms with Crippen LogP contribution in [0.25, 0.3) is 0 Å². The molecule has 0 aromatic carbocycles. The molecule has 0 amide bonds. The Morgan fingerprint density at radius 3 is 2.72 bits per heavy atom. The zero-order valence-electron chi connectivity index (χ0n) is 15.1. The summed E-state index contributed by atoms with van der Waals surface area (Å²) < 4.78 is 10.2. The van der Waals surface area contributed by atoms with Crippen molar-refractivity contribution >= 4 is 46.6 Å². The molecule has 1 unspecified atom stereocenters. The van der Waals surface area contributed by atoms with Gasteiger partial charge in [-0.05, 0) is 19.3 Å². The molecule has 25 heavy (non-hydrogen) atoms. The molecule has 0 saturated carbocycles. The van der Waals surface area contributed by atoms with Crippen LogP contribution < -0.4 is 10.2 Å². The third-order valence-electron chi connectivity index (χ3n) is 4.60. The van der Waals surface area contributed by atoms with Gasteiger partial charge in [0.2, 0.25) is 5.13 Å². The van der Waals surface area contributed by atoms with Crippen molar-refractivity contribution in [3.8, 4) is 0 Å². The number of ether oxygens (including phenoxy) is 1. The first-order chi connectivity index (χ1) is 11.8. The number of rotatable bonds is 4. The molecule has 0 radical (unpaired) electrons. The van der Waals surface area contributed by atoms with Crippen molar-refractivity contribution in [2.24, 2.45) is 4.99 Å². The lowest BCUT2D eigenvalue weighted by Gasteiger charge is -2.36. The second-order valence-corrected chi connectivity index (χ2v) is 6.97. The molecule has 0 bridgehead atoms. The Bertz CT molecular complexity index is 540. The molecule has 2 aliphatic heterocycles. The Kier molecular flexibility index (Phi) is 8.63. The Hall–Kier alpha value is -0.680. The quantitative estimate of drug-likeness (QED) is 0.404. The molecule has 2 saturated heterocycles. The minimum absolute atomic E-state index is 0. The van der Waals surface area contributed by atoms with Crippen LogP contribution in [0.2, 0.25) is 0 Å². The van der Waals surface area contributed by atoms with Crippen molar-refractivity contribution in [1.82, 2.24) is 19.6 Å². The molecule has 9 heteroatoms. The highest BCUT2D eigenvalue weighted by Gasteiger charge is 2.23. The average Bonchev–Trinajstić information content (AvgIpc) is 3.13. The van der Waals surface area contributed by atoms with Gasteiger partial charge in [0.05, 0.1) is 6.10 Å². The molecular weight excluding hydrogens is 451 g/mol. The first-order valence-electron chi connectivity index (χ1n) is 8.95. The van der Waals surface area contributed by atoms with E-state index in [0.717, 1.165) is 69.1 Å². The summed E-state index contributed by atoms with van der Waals surface area (Å²) in [4.78, 5) is 13.7. The Balaban J connectivity index is 0.00000225. The van der Waals surface area contributed by atoms with Gasteiger partial charge in [-0.1, -0.05) is 6.92 Å². The second kappa shape index (κ2) is 10.5. The van der Waals surface area contributed by atoms with Gasteiger partial charge in [0, 0.05) is 64.3 Å². The summed E-state index contributed by atoms with van der Waals surface area (Å²) in [6.45, 7) is 7.65. The van der Waals surface area contributed by atoms with Gasteiger partial charge >= 0.3 is 0 Å². The fourth-order valence-electron chi connectivity index (χ4n) is 3.13. The minimum atomic E-state index is 0. The number of nitrogens with zero attached hydrogens (tertiary/aromatic N) is 5. The summed E-state index contributed by atoms with van der Waals surface area (Å²) in [5, 5.41) is 4.53. The lowest BCUT2D eigenvalue weighted by molar-refractivity contribution is 0.0191. The number of guanidine groups is 1. The van der Waals surface area contributed by atoms with E-state index >= 15 is 0 Å². The molecule has 1 aromatic heterocycles. The standard InChI is InChI=1S/C16H28N6OS.HI/c1-3-14-19-16(24-20-14)22-9-7-21(8-10-22)15(17-2)18-12-13-6-4-5-11-23-13;/h13H,3-12H2,1-2H3,(H,17,18);1H. The fraction of sp³-hybridized carbons (Fsp3) is 0.812. The number of nitrogens with one attached hydrogen (secondary N) is 1. The molecule has 0 aliphatic carbocycles. The van der Waals surface area contributed by atoms with E-state index in [2.05, 4.69) is 36.4 Å². The van der Waals surface area contributed by atoms with Crippen molar-refractivity contribution in [3.05, 3.63) is 5.82 Å². The van der Waals surface area contributed by atoms with Crippen LogP contribution in [0.4, 0.5) is 5.13 Å². The van der Waals surface area contributed by atoms with Crippen LogP contribution in [-0.2, 0) is 11.2 Å². The van der Waals surface area contributed by atoms with Gasteiger partial charge in [-0.25, -0.2) is 4.98 Å². The lowest BCUT2D eigenvalue weighted by atomic mass is 10.1. The van der Waals surface area contributed by atoms with E-state index in [9.17, 15) is 0 Å². The molecule has 142 valence electrons. The predicted molar refractivity (Wildman–Crippen MR) is 113 cm³/mol. The van der Waals surface area contributed by atoms with Gasteiger partial charge in [0.25, 0.3) is 0 Å². The van der Waals surface area contributed by atoms with E-state index in [1.165, 1.54) is 24.4 Å². The van der Waals surface area contributed by atoms with Crippen molar-refractivity contribution < 1.29 is 4.74 Å². The van der Waals surface area contributed by atoms with Gasteiger partial charge in [-0.2, -0.15) is 4.37 Å². The number of aromatic nitrogens is 2. The third-order valence-corrected chi connectivity index (χ3v) is 5.41. The highest BCUT2D eigenvalue weighted by molar-refractivity contribution is 14.0. The molecule has 3 rings (SSSR count). The summed E-state index contributed by atoms with van der Waals surface area (Å²) in [5.41, 5.74) is 0. The fourth-order valence-corrected chi connectivity index (χ4v) is 3.93. The predicted octanol–water partition coefficient (Wildman–Crippen LogP) is 1.98. The van der Waals surface area contributed by atoms with Crippen LogP contribution in [0.1, 0.15) is 32.0 Å². The number of piperazine rings is 1. The van der Waals surface area contributed by atoms with E-state index in [0.29, 0.717) is 6.10 Å². The summed E-state index contributed by atoms with van der Waals surface area (Å²) in [5.74, 6) is 1.93. The molecule has 0 spiro atoms. The molecule has 1 atom stereocenters. The second-order valence-electron chi connectivity index (χ2n) is 6.24. The van der Waals surface area contributed by atoms with Crippen molar-refractivity contribution in [1.29, 1.82) is 0 Å². The van der Waals surface area contributed by atoms with E-state index in [1.54, 1.807) is 0 Å². The Morgan fingerprint density at radius 1 is 1.32 bits per heavy atom. The number of aryl methyl sites for hydroxylation is 1. The number of aliphatic imine (C=N–C) groups is 1. The zero-order valence-corrected chi connectivity index (χ0v) is 18.3. The van der Waals surface area contributed by atoms with E-state index in [1.807, 2.05) is 7.05 Å². The molecule has 2 aliphatic rings. The summed E-state index contributed by atoms with van der Waals surface area (Å²) in [7, 11) is 1.86. The molecule has 1 N–H and O–H groups in total. The number of hydrogen-bond acceptors (Lipinski definition) is 6. The largest absolute Gasteiger partial charge is 0.376 e. The van der Waals surface area contributed by atoms with Crippen LogP contribution in [0, 0.1) is 0 Å². The molecule has 2 fully saturated rings. The van der Waals surface area contributed by atoms with Crippen molar-refractivity contribution in [2.75, 3.05) is 51.3 Å². The minimum Gasteiger partial charge on any atom is -0.376 e. The van der Waals surface area contributed by atoms with Crippen LogP contribution >= 0.6 is 35.5 Å². The molecular formula is C16H29IN6OS. The van der Waals surface area contributed by atoms with E-state index < -0.39 is 0 Å². The zero-order chi connectivity index (χ0) is 16.8. The number of anilines is 1. The highest BCUT2D eigenvalue weighted by Crippen LogP contribution is 2.19. The molecule has 3 heterocycles. The lowest BCUT2D eigenvalue weighted by Crippen LogP contribution is -2.53. The van der Waals surface area contributed by atoms with E-state index in [4.69, 9.17) is 4.74 Å². The summed E-state index contributed by atoms with van der Waals surface area (Å²) >= 11 is 1.51. The van der Waals surface area contributed by atoms with Gasteiger partial charge in [0.15, 0.2) is 5.96 Å². The Labute approximate surface area is 171 Å². The molecule has 7 nitrogen and oxygen atoms in total. The monoisotopic (exact) mass is 480 g/mol. The maximum Gasteiger partial charge on any atom is 0.205 e. The average molecular weight is 480 g/mol. The third kappa shape index (κ3) is 5.65. The molecule has 1 aromatic rings. The number of hydrogen-bond donors (Lipinski definition) is 1. The first-order valence-corrected chi connectivity index (χ1v) is 9.72. The van der Waals surface area contributed by atoms with Gasteiger partial charge in [-0.15, -0.1) is 24.0 Å². The first kappa shape index (κ1) is 20.6. The normalized spacial score (nSPS) is 21.8. The maximum atomic E-state index is 5.79. The summed E-state index contributed by atoms with van der Waals surface area (Å²) in [6, 6.07) is 0. The van der Waals surface area contributed by atoms with Crippen LogP contribution in [0.5, 0.6) is 0 Å². The van der Waals surface area contributed by atoms with Crippen LogP contribution in [0.3, 0.4) is 0 Å². The van der Waals surface area contributed by atoms with Gasteiger partial charge in [-0.3, -0.25) is 4.99 Å². The topological polar surface area (TPSA) is 65.9 Å². The smallest absolute Gasteiger partial charge is 0.205 e. The highest BCUT2D eigenvalue weighted by atomic mass is 127. The number of halogens is 1. The SMILES string of the molecule is CCc1nsc(N2CCN(C(=NC)NCC3CCCCO3)CC2)n1.I.